The minimum atomic E-state index is -0.638. The predicted molar refractivity (Wildman–Crippen MR) is 138 cm³/mol. The molecule has 1 amide bonds. The molecule has 0 bridgehead atoms. The van der Waals surface area contributed by atoms with Crippen LogP contribution in [0.15, 0.2) is 47.4 Å². The zero-order valence-corrected chi connectivity index (χ0v) is 22.1. The van der Waals surface area contributed by atoms with Crippen molar-refractivity contribution in [2.75, 3.05) is 13.7 Å². The van der Waals surface area contributed by atoms with Crippen LogP contribution in [0.3, 0.4) is 0 Å². The Morgan fingerprint density at radius 3 is 2.55 bits per heavy atom. The maximum absolute atomic E-state index is 14.0. The Bertz CT molecular complexity index is 1590. The van der Waals surface area contributed by atoms with Gasteiger partial charge in [-0.3, -0.25) is 9.48 Å². The summed E-state index contributed by atoms with van der Waals surface area (Å²) in [6.45, 7) is 5.96. The largest absolute Gasteiger partial charge is 0.464 e. The maximum atomic E-state index is 14.0. The third-order valence-electron chi connectivity index (χ3n) is 6.45. The van der Waals surface area contributed by atoms with Gasteiger partial charge in [-0.05, 0) is 32.8 Å². The molecule has 1 aliphatic rings. The molecule has 0 unspecified atom stereocenters. The fraction of sp³-hybridized carbons (Fsp3) is 0.370. The summed E-state index contributed by atoms with van der Waals surface area (Å²) < 4.78 is 15.1. The summed E-state index contributed by atoms with van der Waals surface area (Å²) in [6, 6.07) is 11.4. The van der Waals surface area contributed by atoms with Gasteiger partial charge < -0.3 is 14.4 Å². The quantitative estimate of drug-likeness (QED) is 0.382. The Hall–Kier alpha value is -4.41. The van der Waals surface area contributed by atoms with Gasteiger partial charge in [-0.1, -0.05) is 30.3 Å². The Morgan fingerprint density at radius 2 is 1.87 bits per heavy atom. The number of nitrogens with zero attached hydrogens (tertiary/aromatic N) is 6. The third-order valence-corrected chi connectivity index (χ3v) is 6.45. The Morgan fingerprint density at radius 1 is 1.13 bits per heavy atom. The number of carbonyl (C=O) groups is 2. The van der Waals surface area contributed by atoms with Gasteiger partial charge in [-0.25, -0.2) is 18.7 Å². The molecule has 11 heteroatoms. The molecule has 4 aromatic rings. The van der Waals surface area contributed by atoms with Gasteiger partial charge in [0.15, 0.2) is 5.82 Å². The first-order valence-corrected chi connectivity index (χ1v) is 12.4. The van der Waals surface area contributed by atoms with Gasteiger partial charge in [0.2, 0.25) is 0 Å². The molecule has 0 saturated carbocycles. The average Bonchev–Trinajstić information content (AvgIpc) is 3.47. The highest BCUT2D eigenvalue weighted by Crippen LogP contribution is 2.25. The topological polar surface area (TPSA) is 113 Å². The first-order valence-electron chi connectivity index (χ1n) is 12.4. The number of rotatable bonds is 4. The van der Waals surface area contributed by atoms with E-state index < -0.39 is 17.7 Å². The van der Waals surface area contributed by atoms with E-state index >= 15 is 0 Å². The van der Waals surface area contributed by atoms with Crippen molar-refractivity contribution < 1.29 is 19.1 Å². The van der Waals surface area contributed by atoms with Crippen LogP contribution in [-0.4, -0.2) is 60.2 Å². The van der Waals surface area contributed by atoms with Gasteiger partial charge in [0, 0.05) is 37.2 Å². The van der Waals surface area contributed by atoms with Crippen molar-refractivity contribution in [1.82, 2.24) is 28.9 Å². The number of aromatic nitrogens is 5. The fourth-order valence-corrected chi connectivity index (χ4v) is 4.71. The Kier molecular flexibility index (Phi) is 6.29. The Labute approximate surface area is 219 Å². The number of methoxy groups -OCH3 is 1. The first kappa shape index (κ1) is 25.2. The number of aryl methyl sites for hydroxylation is 1. The second-order valence-corrected chi connectivity index (χ2v) is 10.3. The normalized spacial score (nSPS) is 13.4. The highest BCUT2D eigenvalue weighted by atomic mass is 16.6. The summed E-state index contributed by atoms with van der Waals surface area (Å²) in [6.07, 6.45) is 2.14. The predicted octanol–water partition coefficient (Wildman–Crippen LogP) is 2.89. The third kappa shape index (κ3) is 4.55. The monoisotopic (exact) mass is 518 g/mol. The molecule has 0 radical (unpaired) electrons. The number of benzene rings is 1. The van der Waals surface area contributed by atoms with Crippen LogP contribution >= 0.6 is 0 Å². The van der Waals surface area contributed by atoms with Crippen LogP contribution in [0, 0.1) is 0 Å². The van der Waals surface area contributed by atoms with Gasteiger partial charge in [0.25, 0.3) is 5.56 Å². The molecule has 0 N–H and O–H groups in total. The summed E-state index contributed by atoms with van der Waals surface area (Å²) in [5, 5.41) is 9.13. The average molecular weight is 519 g/mol. The molecule has 38 heavy (non-hydrogen) atoms. The van der Waals surface area contributed by atoms with Crippen molar-refractivity contribution in [3.05, 3.63) is 81.0 Å². The van der Waals surface area contributed by atoms with Gasteiger partial charge >= 0.3 is 12.1 Å². The van der Waals surface area contributed by atoms with E-state index in [0.717, 1.165) is 11.1 Å². The molecule has 5 rings (SSSR count). The number of ether oxygens (including phenoxy) is 2. The van der Waals surface area contributed by atoms with Crippen LogP contribution < -0.4 is 5.56 Å². The van der Waals surface area contributed by atoms with Crippen molar-refractivity contribution in [3.63, 3.8) is 0 Å². The number of esters is 1. The van der Waals surface area contributed by atoms with E-state index in [1.807, 2.05) is 51.1 Å². The minimum absolute atomic E-state index is 0.179. The molecule has 11 nitrogen and oxygen atoms in total. The van der Waals surface area contributed by atoms with E-state index in [4.69, 9.17) is 9.47 Å². The number of hydrogen-bond donors (Lipinski definition) is 0. The summed E-state index contributed by atoms with van der Waals surface area (Å²) in [5.41, 5.74) is 2.85. The standard InChI is InChI=1S/C27H30N6O5/c1-27(2,3)38-26(36)31-12-11-19-21(16-31)33-23(18(15-28-33)13-17-9-7-6-8-10-17)32(24(19)34)22-14-20(25(35)37-5)30(4)29-22/h6-10,14-15H,11-13,16H2,1-5H3. The first-order chi connectivity index (χ1) is 18.1. The van der Waals surface area contributed by atoms with Crippen LogP contribution in [0.1, 0.15) is 53.6 Å². The highest BCUT2D eigenvalue weighted by molar-refractivity contribution is 5.88. The summed E-state index contributed by atoms with van der Waals surface area (Å²) in [4.78, 5) is 40.7. The lowest BCUT2D eigenvalue weighted by Crippen LogP contribution is -2.43. The smallest absolute Gasteiger partial charge is 0.410 e. The molecule has 3 aromatic heterocycles. The van der Waals surface area contributed by atoms with Crippen LogP contribution in [0.2, 0.25) is 0 Å². The van der Waals surface area contributed by atoms with E-state index in [1.165, 1.54) is 22.4 Å². The number of fused-ring (bicyclic) bond motifs is 3. The molecule has 198 valence electrons. The molecular formula is C27H30N6O5. The van der Waals surface area contributed by atoms with Gasteiger partial charge in [-0.2, -0.15) is 10.2 Å². The number of carbonyl (C=O) groups excluding carboxylic acids is 2. The van der Waals surface area contributed by atoms with Crippen molar-refractivity contribution in [2.45, 2.75) is 45.8 Å². The molecule has 0 fully saturated rings. The number of hydrogen-bond acceptors (Lipinski definition) is 7. The molecule has 4 heterocycles. The fourth-order valence-electron chi connectivity index (χ4n) is 4.71. The molecule has 0 atom stereocenters. The zero-order chi connectivity index (χ0) is 27.2. The summed E-state index contributed by atoms with van der Waals surface area (Å²) >= 11 is 0. The van der Waals surface area contributed by atoms with Crippen molar-refractivity contribution in [3.8, 4) is 5.82 Å². The minimum Gasteiger partial charge on any atom is -0.464 e. The van der Waals surface area contributed by atoms with Crippen LogP contribution in [-0.2, 0) is 35.9 Å². The summed E-state index contributed by atoms with van der Waals surface area (Å²) in [7, 11) is 2.92. The van der Waals surface area contributed by atoms with E-state index in [9.17, 15) is 14.4 Å². The molecule has 1 aliphatic heterocycles. The lowest BCUT2D eigenvalue weighted by molar-refractivity contribution is 0.0218. The highest BCUT2D eigenvalue weighted by Gasteiger charge is 2.31. The lowest BCUT2D eigenvalue weighted by Gasteiger charge is -2.31. The van der Waals surface area contributed by atoms with Gasteiger partial charge in [0.05, 0.1) is 25.5 Å². The SMILES string of the molecule is COC(=O)c1cc(-n2c(=O)c3c(n4ncc(Cc5ccccc5)c24)CN(C(=O)OC(C)(C)C)CC3)nn1C. The van der Waals surface area contributed by atoms with Gasteiger partial charge in [-0.15, -0.1) is 0 Å². The second kappa shape index (κ2) is 9.47. The van der Waals surface area contributed by atoms with Gasteiger partial charge in [0.1, 0.15) is 16.9 Å². The molecule has 0 saturated heterocycles. The second-order valence-electron chi connectivity index (χ2n) is 10.3. The molecule has 0 spiro atoms. The lowest BCUT2D eigenvalue weighted by atomic mass is 10.1. The number of amides is 1. The summed E-state index contributed by atoms with van der Waals surface area (Å²) in [5.74, 6) is -0.269. The molecule has 0 aliphatic carbocycles. The van der Waals surface area contributed by atoms with Crippen molar-refractivity contribution >= 4 is 17.7 Å². The van der Waals surface area contributed by atoms with E-state index in [2.05, 4.69) is 10.2 Å². The van der Waals surface area contributed by atoms with Crippen molar-refractivity contribution in [1.29, 1.82) is 0 Å². The Balaban J connectivity index is 1.69. The van der Waals surface area contributed by atoms with E-state index in [1.54, 1.807) is 22.7 Å². The van der Waals surface area contributed by atoms with E-state index in [-0.39, 0.29) is 23.6 Å². The zero-order valence-electron chi connectivity index (χ0n) is 22.1. The molecular weight excluding hydrogens is 488 g/mol. The van der Waals surface area contributed by atoms with Crippen LogP contribution in [0.25, 0.3) is 11.5 Å². The maximum Gasteiger partial charge on any atom is 0.410 e. The van der Waals surface area contributed by atoms with Crippen molar-refractivity contribution in [2.24, 2.45) is 7.05 Å². The van der Waals surface area contributed by atoms with Crippen LogP contribution in [0.4, 0.5) is 4.79 Å². The van der Waals surface area contributed by atoms with E-state index in [0.29, 0.717) is 36.3 Å². The van der Waals surface area contributed by atoms with Crippen LogP contribution in [0.5, 0.6) is 0 Å². The molecule has 1 aromatic carbocycles.